The predicted octanol–water partition coefficient (Wildman–Crippen LogP) is 3.31. The highest BCUT2D eigenvalue weighted by Crippen LogP contribution is 2.38. The van der Waals surface area contributed by atoms with Crippen LogP contribution in [-0.4, -0.2) is 18.6 Å². The second-order valence-electron chi connectivity index (χ2n) is 5.23. The van der Waals surface area contributed by atoms with Crippen molar-refractivity contribution in [3.63, 3.8) is 0 Å². The Kier molecular flexibility index (Phi) is 4.32. The quantitative estimate of drug-likeness (QED) is 0.858. The lowest BCUT2D eigenvalue weighted by Crippen LogP contribution is -2.10. The third-order valence-corrected chi connectivity index (χ3v) is 2.98. The van der Waals surface area contributed by atoms with Gasteiger partial charge in [0.15, 0.2) is 0 Å². The van der Waals surface area contributed by atoms with Crippen molar-refractivity contribution in [1.29, 1.82) is 0 Å². The molecule has 0 fully saturated rings. The minimum atomic E-state index is -0.156. The highest BCUT2D eigenvalue weighted by molar-refractivity contribution is 6.00. The largest absolute Gasteiger partial charge is 0.492 e. The molecular weight excluding hydrogens is 254 g/mol. The average Bonchev–Trinajstić information content (AvgIpc) is 2.68. The van der Waals surface area contributed by atoms with E-state index in [2.05, 4.69) is 5.32 Å². The number of benzene rings is 1. The molecule has 0 saturated heterocycles. The summed E-state index contributed by atoms with van der Waals surface area (Å²) >= 11 is 0. The molecule has 1 aliphatic rings. The molecule has 1 amide bonds. The summed E-state index contributed by atoms with van der Waals surface area (Å²) in [5.74, 6) is 1.37. The fourth-order valence-corrected chi connectivity index (χ4v) is 2.24. The molecule has 1 heterocycles. The molecule has 0 unspecified atom stereocenters. The Morgan fingerprint density at radius 2 is 2.25 bits per heavy atom. The van der Waals surface area contributed by atoms with Crippen LogP contribution >= 0.6 is 0 Å². The van der Waals surface area contributed by atoms with Gasteiger partial charge in [0.25, 0.3) is 0 Å². The standard InChI is InChI=1S/C16H21NO3/c1-5-19-15-8-12-7-11(4)20-14(12)9-13(15)17-16(18)6-10(2)3/h6,8-9,11H,5,7H2,1-4H3,(H,17,18)/t11-/m0/s1. The Hall–Kier alpha value is -1.97. The fraction of sp³-hybridized carbons (Fsp3) is 0.438. The molecule has 1 aromatic rings. The number of anilines is 1. The number of hydrogen-bond donors (Lipinski definition) is 1. The first kappa shape index (κ1) is 14.4. The molecular formula is C16H21NO3. The van der Waals surface area contributed by atoms with E-state index < -0.39 is 0 Å². The van der Waals surface area contributed by atoms with Gasteiger partial charge in [-0.25, -0.2) is 0 Å². The number of fused-ring (bicyclic) bond motifs is 1. The normalized spacial score (nSPS) is 16.1. The van der Waals surface area contributed by atoms with Gasteiger partial charge in [0.1, 0.15) is 17.6 Å². The maximum absolute atomic E-state index is 11.9. The monoisotopic (exact) mass is 275 g/mol. The summed E-state index contributed by atoms with van der Waals surface area (Å²) in [7, 11) is 0. The van der Waals surface area contributed by atoms with Gasteiger partial charge in [0, 0.05) is 24.1 Å². The van der Waals surface area contributed by atoms with Crippen molar-refractivity contribution < 1.29 is 14.3 Å². The van der Waals surface area contributed by atoms with E-state index in [1.807, 2.05) is 39.8 Å². The Morgan fingerprint density at radius 1 is 1.50 bits per heavy atom. The average molecular weight is 275 g/mol. The van der Waals surface area contributed by atoms with Crippen molar-refractivity contribution in [2.24, 2.45) is 0 Å². The van der Waals surface area contributed by atoms with Crippen LogP contribution in [0.5, 0.6) is 11.5 Å². The number of carbonyl (C=O) groups is 1. The first-order valence-electron chi connectivity index (χ1n) is 6.92. The Labute approximate surface area is 119 Å². The van der Waals surface area contributed by atoms with Gasteiger partial charge in [0.05, 0.1) is 12.3 Å². The van der Waals surface area contributed by atoms with Crippen molar-refractivity contribution in [3.8, 4) is 11.5 Å². The molecule has 0 radical (unpaired) electrons. The first-order valence-corrected chi connectivity index (χ1v) is 6.92. The third-order valence-electron chi connectivity index (χ3n) is 2.98. The van der Waals surface area contributed by atoms with Crippen LogP contribution in [0.1, 0.15) is 33.3 Å². The van der Waals surface area contributed by atoms with Gasteiger partial charge in [-0.2, -0.15) is 0 Å². The topological polar surface area (TPSA) is 47.6 Å². The molecule has 1 aliphatic heterocycles. The van der Waals surface area contributed by atoms with Gasteiger partial charge in [-0.05, 0) is 33.8 Å². The predicted molar refractivity (Wildman–Crippen MR) is 79.5 cm³/mol. The Morgan fingerprint density at radius 3 is 2.90 bits per heavy atom. The molecule has 20 heavy (non-hydrogen) atoms. The Bertz CT molecular complexity index is 545. The van der Waals surface area contributed by atoms with Gasteiger partial charge in [-0.1, -0.05) is 5.57 Å². The van der Waals surface area contributed by atoms with Crippen LogP contribution in [0.25, 0.3) is 0 Å². The minimum Gasteiger partial charge on any atom is -0.492 e. The molecule has 4 nitrogen and oxygen atoms in total. The van der Waals surface area contributed by atoms with Gasteiger partial charge in [0.2, 0.25) is 5.91 Å². The van der Waals surface area contributed by atoms with Crippen LogP contribution in [0.2, 0.25) is 0 Å². The third kappa shape index (κ3) is 3.32. The van der Waals surface area contributed by atoms with Crippen LogP contribution in [0, 0.1) is 0 Å². The van der Waals surface area contributed by atoms with Gasteiger partial charge >= 0.3 is 0 Å². The van der Waals surface area contributed by atoms with E-state index in [1.165, 1.54) is 0 Å². The van der Waals surface area contributed by atoms with E-state index in [0.717, 1.165) is 23.3 Å². The first-order chi connectivity index (χ1) is 9.49. The molecule has 4 heteroatoms. The highest BCUT2D eigenvalue weighted by Gasteiger charge is 2.22. The van der Waals surface area contributed by atoms with Crippen LogP contribution in [0.4, 0.5) is 5.69 Å². The Balaban J connectivity index is 2.29. The van der Waals surface area contributed by atoms with Gasteiger partial charge < -0.3 is 14.8 Å². The molecule has 0 saturated carbocycles. The summed E-state index contributed by atoms with van der Waals surface area (Å²) in [5.41, 5.74) is 2.73. The van der Waals surface area contributed by atoms with Crippen molar-refractivity contribution >= 4 is 11.6 Å². The summed E-state index contributed by atoms with van der Waals surface area (Å²) in [6.45, 7) is 8.28. The van der Waals surface area contributed by atoms with Gasteiger partial charge in [-0.15, -0.1) is 0 Å². The number of rotatable bonds is 4. The van der Waals surface area contributed by atoms with E-state index in [4.69, 9.17) is 9.47 Å². The molecule has 1 atom stereocenters. The zero-order chi connectivity index (χ0) is 14.7. The van der Waals surface area contributed by atoms with E-state index in [-0.39, 0.29) is 12.0 Å². The van der Waals surface area contributed by atoms with Crippen LogP contribution in [0.15, 0.2) is 23.8 Å². The van der Waals surface area contributed by atoms with Crippen LogP contribution in [-0.2, 0) is 11.2 Å². The minimum absolute atomic E-state index is 0.156. The molecule has 2 rings (SSSR count). The van der Waals surface area contributed by atoms with Crippen LogP contribution in [0.3, 0.4) is 0 Å². The molecule has 1 aromatic carbocycles. The summed E-state index contributed by atoms with van der Waals surface area (Å²) in [5, 5.41) is 2.85. The lowest BCUT2D eigenvalue weighted by atomic mass is 10.1. The lowest BCUT2D eigenvalue weighted by molar-refractivity contribution is -0.112. The fourth-order valence-electron chi connectivity index (χ4n) is 2.24. The summed E-state index contributed by atoms with van der Waals surface area (Å²) in [4.78, 5) is 11.9. The molecule has 0 aromatic heterocycles. The molecule has 108 valence electrons. The molecule has 0 spiro atoms. The molecule has 1 N–H and O–H groups in total. The second-order valence-corrected chi connectivity index (χ2v) is 5.23. The number of nitrogens with one attached hydrogen (secondary N) is 1. The number of carbonyl (C=O) groups excluding carboxylic acids is 1. The van der Waals surface area contributed by atoms with E-state index in [9.17, 15) is 4.79 Å². The van der Waals surface area contributed by atoms with Crippen LogP contribution < -0.4 is 14.8 Å². The van der Waals surface area contributed by atoms with E-state index in [1.54, 1.807) is 6.08 Å². The van der Waals surface area contributed by atoms with E-state index in [0.29, 0.717) is 18.0 Å². The maximum atomic E-state index is 11.9. The number of ether oxygens (including phenoxy) is 2. The van der Waals surface area contributed by atoms with Crippen molar-refractivity contribution in [2.45, 2.75) is 40.2 Å². The number of hydrogen-bond acceptors (Lipinski definition) is 3. The second kappa shape index (κ2) is 5.99. The van der Waals surface area contributed by atoms with Crippen molar-refractivity contribution in [1.82, 2.24) is 0 Å². The zero-order valence-corrected chi connectivity index (χ0v) is 12.4. The van der Waals surface area contributed by atoms with Crippen molar-refractivity contribution in [3.05, 3.63) is 29.3 Å². The van der Waals surface area contributed by atoms with Gasteiger partial charge in [-0.3, -0.25) is 4.79 Å². The lowest BCUT2D eigenvalue weighted by Gasteiger charge is -2.12. The summed E-state index contributed by atoms with van der Waals surface area (Å²) < 4.78 is 11.3. The number of amides is 1. The van der Waals surface area contributed by atoms with Crippen molar-refractivity contribution in [2.75, 3.05) is 11.9 Å². The maximum Gasteiger partial charge on any atom is 0.248 e. The summed E-state index contributed by atoms with van der Waals surface area (Å²) in [6, 6.07) is 3.81. The number of allylic oxidation sites excluding steroid dienone is 1. The summed E-state index contributed by atoms with van der Waals surface area (Å²) in [6.07, 6.45) is 2.60. The van der Waals surface area contributed by atoms with E-state index >= 15 is 0 Å². The molecule has 0 aliphatic carbocycles. The highest BCUT2D eigenvalue weighted by atomic mass is 16.5. The smallest absolute Gasteiger partial charge is 0.248 e. The SMILES string of the molecule is CCOc1cc2c(cc1NC(=O)C=C(C)C)O[C@@H](C)C2. The zero-order valence-electron chi connectivity index (χ0n) is 12.4. The molecule has 0 bridgehead atoms.